The van der Waals surface area contributed by atoms with Crippen molar-refractivity contribution in [2.75, 3.05) is 5.73 Å². The van der Waals surface area contributed by atoms with Gasteiger partial charge in [0.2, 0.25) is 0 Å². The Labute approximate surface area is 72.2 Å². The van der Waals surface area contributed by atoms with E-state index in [9.17, 15) is 0 Å². The van der Waals surface area contributed by atoms with Crippen LogP contribution in [0.1, 0.15) is 5.56 Å². The van der Waals surface area contributed by atoms with Gasteiger partial charge in [0.1, 0.15) is 11.8 Å². The predicted octanol–water partition coefficient (Wildman–Crippen LogP) is 1.61. The molecule has 0 heterocycles. The number of nitrogens with zero attached hydrogens (tertiary/aromatic N) is 1. The average molecular weight is 213 g/mol. The standard InChI is InChI=1S/C7H5BrN2O/c8-5-1-4(3-9)7(11)2-6(5)10/h1-2,11H,10H2. The molecule has 0 saturated heterocycles. The summed E-state index contributed by atoms with van der Waals surface area (Å²) in [4.78, 5) is 0. The summed E-state index contributed by atoms with van der Waals surface area (Å²) in [5.74, 6) is -0.0896. The molecule has 0 fully saturated rings. The molecule has 56 valence electrons. The summed E-state index contributed by atoms with van der Waals surface area (Å²) in [6, 6.07) is 4.64. The van der Waals surface area contributed by atoms with E-state index in [1.807, 2.05) is 6.07 Å². The molecule has 0 aliphatic rings. The van der Waals surface area contributed by atoms with Gasteiger partial charge in [-0.25, -0.2) is 0 Å². The highest BCUT2D eigenvalue weighted by atomic mass is 79.9. The maximum atomic E-state index is 9.09. The Bertz CT molecular complexity index is 330. The van der Waals surface area contributed by atoms with E-state index in [2.05, 4.69) is 15.9 Å². The van der Waals surface area contributed by atoms with Crippen molar-refractivity contribution in [1.29, 1.82) is 5.26 Å². The lowest BCUT2D eigenvalue weighted by molar-refractivity contribution is 0.474. The highest BCUT2D eigenvalue weighted by molar-refractivity contribution is 9.10. The summed E-state index contributed by atoms with van der Waals surface area (Å²) in [5, 5.41) is 17.6. The van der Waals surface area contributed by atoms with E-state index < -0.39 is 0 Å². The first-order chi connectivity index (χ1) is 5.15. The zero-order valence-corrected chi connectivity index (χ0v) is 7.09. The van der Waals surface area contributed by atoms with E-state index in [1.54, 1.807) is 0 Å². The number of hydrogen-bond acceptors (Lipinski definition) is 3. The quantitative estimate of drug-likeness (QED) is 0.643. The summed E-state index contributed by atoms with van der Waals surface area (Å²) in [6.45, 7) is 0. The monoisotopic (exact) mass is 212 g/mol. The number of halogens is 1. The lowest BCUT2D eigenvalue weighted by Crippen LogP contribution is -1.87. The van der Waals surface area contributed by atoms with Crippen molar-refractivity contribution in [3.63, 3.8) is 0 Å². The van der Waals surface area contributed by atoms with E-state index in [0.717, 1.165) is 0 Å². The highest BCUT2D eigenvalue weighted by Gasteiger charge is 2.03. The molecule has 0 aromatic heterocycles. The van der Waals surface area contributed by atoms with Gasteiger partial charge in [0.15, 0.2) is 0 Å². The molecule has 0 radical (unpaired) electrons. The first-order valence-corrected chi connectivity index (χ1v) is 3.62. The van der Waals surface area contributed by atoms with Crippen molar-refractivity contribution in [3.8, 4) is 11.8 Å². The number of phenolic OH excluding ortho intramolecular Hbond substituents is 1. The Hall–Kier alpha value is -1.21. The van der Waals surface area contributed by atoms with Crippen molar-refractivity contribution in [3.05, 3.63) is 22.2 Å². The molecular weight excluding hydrogens is 208 g/mol. The summed E-state index contributed by atoms with van der Waals surface area (Å²) in [7, 11) is 0. The van der Waals surface area contributed by atoms with Crippen LogP contribution in [0.3, 0.4) is 0 Å². The normalized spacial score (nSPS) is 9.09. The van der Waals surface area contributed by atoms with Crippen molar-refractivity contribution in [2.45, 2.75) is 0 Å². The fourth-order valence-corrected chi connectivity index (χ4v) is 1.01. The zero-order chi connectivity index (χ0) is 8.43. The number of nitrogen functional groups attached to an aromatic ring is 1. The number of rotatable bonds is 0. The lowest BCUT2D eigenvalue weighted by Gasteiger charge is -1.99. The molecule has 0 aliphatic heterocycles. The maximum absolute atomic E-state index is 9.09. The molecule has 1 aromatic carbocycles. The van der Waals surface area contributed by atoms with E-state index in [4.69, 9.17) is 16.1 Å². The number of nitrogens with two attached hydrogens (primary N) is 1. The molecule has 0 bridgehead atoms. The maximum Gasteiger partial charge on any atom is 0.135 e. The van der Waals surface area contributed by atoms with Crippen molar-refractivity contribution < 1.29 is 5.11 Å². The van der Waals surface area contributed by atoms with Gasteiger partial charge >= 0.3 is 0 Å². The van der Waals surface area contributed by atoms with E-state index in [1.165, 1.54) is 12.1 Å². The summed E-state index contributed by atoms with van der Waals surface area (Å²) in [6.07, 6.45) is 0. The minimum Gasteiger partial charge on any atom is -0.506 e. The SMILES string of the molecule is N#Cc1cc(Br)c(N)cc1O. The number of aromatic hydroxyl groups is 1. The van der Waals surface area contributed by atoms with Crippen LogP contribution < -0.4 is 5.73 Å². The largest absolute Gasteiger partial charge is 0.506 e. The Morgan fingerprint density at radius 2 is 2.18 bits per heavy atom. The molecule has 3 nitrogen and oxygen atoms in total. The van der Waals surface area contributed by atoms with Gasteiger partial charge in [0, 0.05) is 16.2 Å². The molecule has 0 aliphatic carbocycles. The molecule has 11 heavy (non-hydrogen) atoms. The average Bonchev–Trinajstić information content (AvgIpc) is 1.97. The Morgan fingerprint density at radius 3 is 2.73 bits per heavy atom. The first-order valence-electron chi connectivity index (χ1n) is 2.83. The second kappa shape index (κ2) is 2.81. The smallest absolute Gasteiger partial charge is 0.135 e. The first kappa shape index (κ1) is 7.89. The topological polar surface area (TPSA) is 70.0 Å². The van der Waals surface area contributed by atoms with Crippen molar-refractivity contribution >= 4 is 21.6 Å². The van der Waals surface area contributed by atoms with Crippen molar-refractivity contribution in [2.24, 2.45) is 0 Å². The highest BCUT2D eigenvalue weighted by Crippen LogP contribution is 2.27. The Morgan fingerprint density at radius 1 is 1.55 bits per heavy atom. The minimum absolute atomic E-state index is 0.0896. The molecule has 0 saturated carbocycles. The van der Waals surface area contributed by atoms with Crippen LogP contribution in [0.4, 0.5) is 5.69 Å². The third-order valence-corrected chi connectivity index (χ3v) is 1.92. The number of anilines is 1. The van der Waals surface area contributed by atoms with Gasteiger partial charge in [-0.2, -0.15) is 5.26 Å². The van der Waals surface area contributed by atoms with Crippen LogP contribution in [0.2, 0.25) is 0 Å². The minimum atomic E-state index is -0.0896. The molecule has 0 spiro atoms. The number of phenols is 1. The van der Waals surface area contributed by atoms with Gasteiger partial charge in [0.05, 0.1) is 5.56 Å². The lowest BCUT2D eigenvalue weighted by atomic mass is 10.2. The summed E-state index contributed by atoms with van der Waals surface area (Å²) >= 11 is 3.13. The Kier molecular flexibility index (Phi) is 2.01. The molecule has 0 amide bonds. The Balaban J connectivity index is 3.35. The van der Waals surface area contributed by atoms with Gasteiger partial charge in [-0.15, -0.1) is 0 Å². The number of nitriles is 1. The van der Waals surface area contributed by atoms with Crippen LogP contribution in [0.5, 0.6) is 5.75 Å². The molecule has 0 unspecified atom stereocenters. The van der Waals surface area contributed by atoms with Crippen LogP contribution in [0, 0.1) is 11.3 Å². The molecule has 4 heteroatoms. The van der Waals surface area contributed by atoms with Crippen molar-refractivity contribution in [1.82, 2.24) is 0 Å². The van der Waals surface area contributed by atoms with E-state index in [-0.39, 0.29) is 11.3 Å². The third kappa shape index (κ3) is 1.44. The van der Waals surface area contributed by atoms with Gasteiger partial charge in [0.25, 0.3) is 0 Å². The second-order valence-corrected chi connectivity index (χ2v) is 2.86. The predicted molar refractivity (Wildman–Crippen MR) is 44.9 cm³/mol. The van der Waals surface area contributed by atoms with Crippen LogP contribution in [-0.2, 0) is 0 Å². The zero-order valence-electron chi connectivity index (χ0n) is 5.50. The van der Waals surface area contributed by atoms with E-state index in [0.29, 0.717) is 10.2 Å². The van der Waals surface area contributed by atoms with Crippen LogP contribution >= 0.6 is 15.9 Å². The van der Waals surface area contributed by atoms with Crippen LogP contribution in [0.15, 0.2) is 16.6 Å². The van der Waals surface area contributed by atoms with Crippen LogP contribution in [-0.4, -0.2) is 5.11 Å². The molecule has 3 N–H and O–H groups in total. The van der Waals surface area contributed by atoms with Gasteiger partial charge in [-0.3, -0.25) is 0 Å². The third-order valence-electron chi connectivity index (χ3n) is 1.24. The molecule has 1 rings (SSSR count). The molecule has 1 aromatic rings. The van der Waals surface area contributed by atoms with E-state index >= 15 is 0 Å². The van der Waals surface area contributed by atoms with Crippen LogP contribution in [0.25, 0.3) is 0 Å². The number of benzene rings is 1. The van der Waals surface area contributed by atoms with Gasteiger partial charge < -0.3 is 10.8 Å². The second-order valence-electron chi connectivity index (χ2n) is 2.00. The summed E-state index contributed by atoms with van der Waals surface area (Å²) < 4.78 is 0.617. The molecular formula is C7H5BrN2O. The number of hydrogen-bond donors (Lipinski definition) is 2. The fraction of sp³-hybridized carbons (Fsp3) is 0. The fourth-order valence-electron chi connectivity index (χ4n) is 0.668. The van der Waals surface area contributed by atoms with Gasteiger partial charge in [-0.1, -0.05) is 0 Å². The summed E-state index contributed by atoms with van der Waals surface area (Å²) in [5.41, 5.74) is 6.06. The van der Waals surface area contributed by atoms with Gasteiger partial charge in [-0.05, 0) is 22.0 Å². The molecule has 0 atom stereocenters.